The number of aliphatic imine (C=N–C) groups is 1. The van der Waals surface area contributed by atoms with Crippen molar-refractivity contribution in [2.45, 2.75) is 129 Å². The minimum Gasteiger partial charge on any atom is -0.399 e. The summed E-state index contributed by atoms with van der Waals surface area (Å²) in [7, 11) is 0. The molecule has 258 valence electrons. The van der Waals surface area contributed by atoms with E-state index in [-0.39, 0.29) is 0 Å². The van der Waals surface area contributed by atoms with Crippen LogP contribution in [0.25, 0.3) is 5.57 Å². The molecule has 1 atom stereocenters. The standard InChI is InChI=1S/C18H24N2.C9H20.C5H10.C4H10.C2H2O.C2H6.C2H2/c1-6-20-15(5)18(13(2)3)11-10-14(4)16-8-7-9-17(19)12-16;1-5-6-9(4)7-8(2)3;1-4-5(2)3;1-3-4-2;1-2-3;2*1-2/h7-12H,2,6,19H2,1,3-5H3;8-9H,5-7H2,1-4H3;4-5H,1H2,2-3H3;3-4H2,1-2H3;1H2;1-2H3;1-2H/b14-10+,18-11+,20-15?;;;;;;. The molecule has 0 spiro atoms. The number of nitrogen functional groups attached to an aromatic ring is 1. The Morgan fingerprint density at radius 2 is 1.42 bits per heavy atom. The van der Waals surface area contributed by atoms with Gasteiger partial charge in [-0.2, -0.15) is 0 Å². The minimum atomic E-state index is 0.648. The lowest BCUT2D eigenvalue weighted by molar-refractivity contribution is 0.412. The van der Waals surface area contributed by atoms with E-state index in [1.54, 1.807) is 0 Å². The lowest BCUT2D eigenvalue weighted by Gasteiger charge is -2.11. The Kier molecular flexibility index (Phi) is 51.5. The molecule has 0 aromatic heterocycles. The average molecular weight is 623 g/mol. The number of anilines is 1. The predicted octanol–water partition coefficient (Wildman–Crippen LogP) is 13.0. The highest BCUT2D eigenvalue weighted by Crippen LogP contribution is 2.18. The van der Waals surface area contributed by atoms with E-state index in [4.69, 9.17) is 10.5 Å². The summed E-state index contributed by atoms with van der Waals surface area (Å²) in [6.45, 7) is 41.0. The summed E-state index contributed by atoms with van der Waals surface area (Å²) in [4.78, 5) is 13.0. The van der Waals surface area contributed by atoms with Crippen LogP contribution < -0.4 is 5.73 Å². The zero-order chi connectivity index (χ0) is 36.8. The van der Waals surface area contributed by atoms with E-state index in [2.05, 4.69) is 118 Å². The van der Waals surface area contributed by atoms with Crippen LogP contribution in [0.15, 0.2) is 78.4 Å². The molecule has 1 rings (SSSR count). The molecule has 0 aliphatic rings. The molecule has 0 aliphatic carbocycles. The quantitative estimate of drug-likeness (QED) is 0.0666. The first-order chi connectivity index (χ1) is 21.2. The van der Waals surface area contributed by atoms with Crippen LogP contribution >= 0.6 is 0 Å². The van der Waals surface area contributed by atoms with Gasteiger partial charge in [0.2, 0.25) is 0 Å². The molecule has 0 radical (unpaired) electrons. The third-order valence-corrected chi connectivity index (χ3v) is 5.71. The molecule has 0 fully saturated rings. The van der Waals surface area contributed by atoms with Gasteiger partial charge in [0, 0.05) is 17.9 Å². The molecule has 0 amide bonds. The number of rotatable bonds is 11. The second-order valence-electron chi connectivity index (χ2n) is 11.0. The topological polar surface area (TPSA) is 55.4 Å². The molecule has 3 heteroatoms. The summed E-state index contributed by atoms with van der Waals surface area (Å²) in [6.07, 6.45) is 20.9. The highest BCUT2D eigenvalue weighted by Gasteiger charge is 2.03. The van der Waals surface area contributed by atoms with Gasteiger partial charge < -0.3 is 5.73 Å². The van der Waals surface area contributed by atoms with Crippen molar-refractivity contribution in [1.29, 1.82) is 0 Å². The Bertz CT molecular complexity index is 950. The SMILES string of the molecule is C#C.C=C(C)/C(=C\C=C(/C)c1cccc(N)c1)C(C)=NCC.C=C=O.C=CC(C)C.CC.CCCC.CCCC(C)CC(C)C. The van der Waals surface area contributed by atoms with Crippen molar-refractivity contribution in [2.75, 3.05) is 12.3 Å². The van der Waals surface area contributed by atoms with Gasteiger partial charge in [0.05, 0.1) is 0 Å². The Balaban J connectivity index is -0.000000126. The summed E-state index contributed by atoms with van der Waals surface area (Å²) < 4.78 is 0. The van der Waals surface area contributed by atoms with Crippen molar-refractivity contribution in [3.63, 3.8) is 0 Å². The van der Waals surface area contributed by atoms with Crippen molar-refractivity contribution in [3.8, 4) is 12.8 Å². The van der Waals surface area contributed by atoms with Crippen molar-refractivity contribution in [1.82, 2.24) is 0 Å². The molecular weight excluding hydrogens is 548 g/mol. The molecule has 1 aromatic carbocycles. The van der Waals surface area contributed by atoms with E-state index >= 15 is 0 Å². The van der Waals surface area contributed by atoms with Gasteiger partial charge in [-0.05, 0) is 92.9 Å². The first kappa shape index (κ1) is 54.2. The molecule has 3 nitrogen and oxygen atoms in total. The molecule has 0 bridgehead atoms. The summed E-state index contributed by atoms with van der Waals surface area (Å²) in [5.74, 6) is 3.72. The van der Waals surface area contributed by atoms with Crippen LogP contribution in [0.2, 0.25) is 0 Å². The molecule has 45 heavy (non-hydrogen) atoms. The van der Waals surface area contributed by atoms with Gasteiger partial charge >= 0.3 is 0 Å². The van der Waals surface area contributed by atoms with E-state index in [1.165, 1.54) is 43.6 Å². The van der Waals surface area contributed by atoms with Crippen LogP contribution in [0.1, 0.15) is 135 Å². The molecule has 0 aliphatic heterocycles. The Labute approximate surface area is 283 Å². The lowest BCUT2D eigenvalue weighted by atomic mass is 9.95. The van der Waals surface area contributed by atoms with E-state index in [9.17, 15) is 0 Å². The zero-order valence-electron chi connectivity index (χ0n) is 32.2. The maximum absolute atomic E-state index is 8.57. The summed E-state index contributed by atoms with van der Waals surface area (Å²) in [6, 6.07) is 7.90. The number of carbonyl (C=O) groups excluding carboxylic acids is 1. The van der Waals surface area contributed by atoms with Crippen molar-refractivity contribution < 1.29 is 4.79 Å². The molecule has 2 N–H and O–H groups in total. The van der Waals surface area contributed by atoms with Gasteiger partial charge in [-0.15, -0.1) is 19.4 Å². The fraction of sp³-hybridized carbons (Fsp3) is 0.548. The minimum absolute atomic E-state index is 0.648. The van der Waals surface area contributed by atoms with Gasteiger partial charge in [-0.3, -0.25) is 4.99 Å². The van der Waals surface area contributed by atoms with Crippen LogP contribution in [0.4, 0.5) is 5.69 Å². The first-order valence-corrected chi connectivity index (χ1v) is 16.7. The molecular formula is C42H74N2O. The largest absolute Gasteiger partial charge is 0.399 e. The van der Waals surface area contributed by atoms with Gasteiger partial charge in [0.15, 0.2) is 0 Å². The smallest absolute Gasteiger partial charge is 0.116 e. The second-order valence-corrected chi connectivity index (χ2v) is 11.0. The van der Waals surface area contributed by atoms with E-state index in [0.29, 0.717) is 5.92 Å². The van der Waals surface area contributed by atoms with E-state index < -0.39 is 0 Å². The predicted molar refractivity (Wildman–Crippen MR) is 213 cm³/mol. The summed E-state index contributed by atoms with van der Waals surface area (Å²) in [5, 5.41) is 0. The maximum atomic E-state index is 8.57. The monoisotopic (exact) mass is 623 g/mol. The molecule has 0 saturated carbocycles. The van der Waals surface area contributed by atoms with Gasteiger partial charge in [-0.25, -0.2) is 4.79 Å². The number of hydrogen-bond acceptors (Lipinski definition) is 3. The highest BCUT2D eigenvalue weighted by atomic mass is 16.1. The second kappa shape index (κ2) is 42.8. The van der Waals surface area contributed by atoms with Gasteiger partial charge in [0.1, 0.15) is 5.94 Å². The van der Waals surface area contributed by atoms with Crippen LogP contribution in [-0.4, -0.2) is 18.2 Å². The lowest BCUT2D eigenvalue weighted by Crippen LogP contribution is -1.99. The number of nitrogens with two attached hydrogens (primary N) is 1. The maximum Gasteiger partial charge on any atom is 0.116 e. The van der Waals surface area contributed by atoms with Crippen LogP contribution in [0.5, 0.6) is 0 Å². The first-order valence-electron chi connectivity index (χ1n) is 16.7. The van der Waals surface area contributed by atoms with Crippen molar-refractivity contribution >= 4 is 22.9 Å². The molecule has 1 unspecified atom stereocenters. The summed E-state index contributed by atoms with van der Waals surface area (Å²) in [5.41, 5.74) is 12.0. The number of unbranched alkanes of at least 4 members (excludes halogenated alkanes) is 1. The number of benzene rings is 1. The van der Waals surface area contributed by atoms with Crippen molar-refractivity contribution in [3.05, 3.63) is 78.9 Å². The number of hydrogen-bond donors (Lipinski definition) is 1. The fourth-order valence-electron chi connectivity index (χ4n) is 3.40. The number of nitrogens with zero attached hydrogens (tertiary/aromatic N) is 1. The molecule has 0 saturated heterocycles. The average Bonchev–Trinajstić information content (AvgIpc) is 3.00. The number of allylic oxidation sites excluding steroid dienone is 6. The normalized spacial score (nSPS) is 10.8. The third kappa shape index (κ3) is 45.2. The van der Waals surface area contributed by atoms with Crippen LogP contribution in [0.3, 0.4) is 0 Å². The van der Waals surface area contributed by atoms with E-state index in [1.807, 2.05) is 58.9 Å². The van der Waals surface area contributed by atoms with Crippen LogP contribution in [-0.2, 0) is 4.79 Å². The van der Waals surface area contributed by atoms with Gasteiger partial charge in [-0.1, -0.05) is 132 Å². The van der Waals surface area contributed by atoms with E-state index in [0.717, 1.165) is 46.5 Å². The third-order valence-electron chi connectivity index (χ3n) is 5.71. The van der Waals surface area contributed by atoms with Gasteiger partial charge in [0.25, 0.3) is 0 Å². The van der Waals surface area contributed by atoms with Crippen molar-refractivity contribution in [2.24, 2.45) is 22.7 Å². The zero-order valence-corrected chi connectivity index (χ0v) is 32.2. The Morgan fingerprint density at radius 1 is 0.956 bits per heavy atom. The Hall–Kier alpha value is -3.34. The Morgan fingerprint density at radius 3 is 1.73 bits per heavy atom. The fourth-order valence-corrected chi connectivity index (χ4v) is 3.40. The number of terminal acetylenes is 1. The van der Waals surface area contributed by atoms with Crippen LogP contribution in [0, 0.1) is 30.6 Å². The molecule has 0 heterocycles. The highest BCUT2D eigenvalue weighted by molar-refractivity contribution is 6.02. The molecule has 1 aromatic rings. The summed E-state index contributed by atoms with van der Waals surface area (Å²) >= 11 is 0.